The summed E-state index contributed by atoms with van der Waals surface area (Å²) >= 11 is 1.51. The highest BCUT2D eigenvalue weighted by Gasteiger charge is 2.19. The third kappa shape index (κ3) is 1.99. The molecule has 0 radical (unpaired) electrons. The number of nitrogens with two attached hydrogens (primary N) is 1. The quantitative estimate of drug-likeness (QED) is 0.571. The molecule has 1 aliphatic heterocycles. The van der Waals surface area contributed by atoms with Gasteiger partial charge in [-0.3, -0.25) is 0 Å². The second-order valence-electron chi connectivity index (χ2n) is 6.15. The lowest BCUT2D eigenvalue weighted by Crippen LogP contribution is -2.01. The number of fused-ring (bicyclic) bond motifs is 1. The van der Waals surface area contributed by atoms with E-state index in [-0.39, 0.29) is 0 Å². The zero-order valence-electron chi connectivity index (χ0n) is 13.2. The number of nitrogen functional groups attached to an aromatic ring is 1. The first kappa shape index (κ1) is 13.8. The molecule has 0 saturated heterocycles. The van der Waals surface area contributed by atoms with E-state index in [1.54, 1.807) is 0 Å². The van der Waals surface area contributed by atoms with Gasteiger partial charge < -0.3 is 15.0 Å². The first-order valence-electron chi connectivity index (χ1n) is 7.99. The van der Waals surface area contributed by atoms with Crippen LogP contribution in [0.5, 0.6) is 5.75 Å². The molecule has 0 saturated carbocycles. The maximum atomic E-state index is 5.94. The molecule has 5 rings (SSSR count). The van der Waals surface area contributed by atoms with E-state index in [2.05, 4.69) is 46.8 Å². The van der Waals surface area contributed by atoms with E-state index in [1.807, 2.05) is 0 Å². The van der Waals surface area contributed by atoms with Gasteiger partial charge in [0.15, 0.2) is 5.13 Å². The molecule has 0 bridgehead atoms. The van der Waals surface area contributed by atoms with E-state index in [4.69, 9.17) is 15.5 Å². The molecule has 0 amide bonds. The van der Waals surface area contributed by atoms with Gasteiger partial charge in [-0.15, -0.1) is 0 Å². The minimum atomic E-state index is 0.597. The standard InChI is InChI=1S/C18H16N4OS/c1-10-7-13-16-14(8-10)23-6-2-5-22(16)17(20-13)11-3-4-15-12(9-11)21-18(19)24-15/h3-4,7-9H,2,5-6H2,1H3,(H2,19,21). The van der Waals surface area contributed by atoms with Gasteiger partial charge in [-0.1, -0.05) is 11.3 Å². The third-order valence-corrected chi connectivity index (χ3v) is 5.26. The lowest BCUT2D eigenvalue weighted by atomic mass is 10.2. The van der Waals surface area contributed by atoms with E-state index in [1.165, 1.54) is 16.9 Å². The zero-order chi connectivity index (χ0) is 16.3. The van der Waals surface area contributed by atoms with E-state index in [0.29, 0.717) is 5.13 Å². The average Bonchev–Trinajstić information content (AvgIpc) is 3.02. The summed E-state index contributed by atoms with van der Waals surface area (Å²) in [6, 6.07) is 10.5. The number of hydrogen-bond acceptors (Lipinski definition) is 5. The van der Waals surface area contributed by atoms with Crippen molar-refractivity contribution < 1.29 is 4.74 Å². The fraction of sp³-hybridized carbons (Fsp3) is 0.222. The summed E-state index contributed by atoms with van der Waals surface area (Å²) in [6.45, 7) is 3.72. The predicted molar refractivity (Wildman–Crippen MR) is 97.6 cm³/mol. The van der Waals surface area contributed by atoms with Gasteiger partial charge in [-0.05, 0) is 49.2 Å². The lowest BCUT2D eigenvalue weighted by molar-refractivity contribution is 0.315. The average molecular weight is 336 g/mol. The summed E-state index contributed by atoms with van der Waals surface area (Å²) in [5, 5.41) is 0.597. The molecule has 0 aliphatic carbocycles. The SMILES string of the molecule is Cc1cc2c3c(c1)nc(-c1ccc4sc(N)nc4c1)n3CCCO2. The largest absolute Gasteiger partial charge is 0.491 e. The van der Waals surface area contributed by atoms with E-state index in [9.17, 15) is 0 Å². The van der Waals surface area contributed by atoms with Crippen LogP contribution in [0.15, 0.2) is 30.3 Å². The Hall–Kier alpha value is -2.60. The fourth-order valence-corrected chi connectivity index (χ4v) is 4.12. The summed E-state index contributed by atoms with van der Waals surface area (Å²) in [6.07, 6.45) is 0.970. The summed E-state index contributed by atoms with van der Waals surface area (Å²) in [5.41, 5.74) is 11.1. The molecular formula is C18H16N4OS. The van der Waals surface area contributed by atoms with Gasteiger partial charge in [0.1, 0.15) is 17.1 Å². The number of hydrogen-bond donors (Lipinski definition) is 1. The molecule has 3 heterocycles. The number of rotatable bonds is 1. The molecule has 4 aromatic rings. The molecule has 0 spiro atoms. The molecule has 24 heavy (non-hydrogen) atoms. The number of anilines is 1. The predicted octanol–water partition coefficient (Wildman–Crippen LogP) is 3.99. The van der Waals surface area contributed by atoms with Crippen LogP contribution < -0.4 is 10.5 Å². The Morgan fingerprint density at radius 3 is 3.00 bits per heavy atom. The first-order chi connectivity index (χ1) is 11.7. The van der Waals surface area contributed by atoms with Crippen molar-refractivity contribution in [1.29, 1.82) is 0 Å². The Morgan fingerprint density at radius 2 is 2.08 bits per heavy atom. The topological polar surface area (TPSA) is 66.0 Å². The monoisotopic (exact) mass is 336 g/mol. The molecule has 120 valence electrons. The van der Waals surface area contributed by atoms with Crippen molar-refractivity contribution >= 4 is 37.7 Å². The van der Waals surface area contributed by atoms with Crippen LogP contribution in [0.4, 0.5) is 5.13 Å². The van der Waals surface area contributed by atoms with E-state index in [0.717, 1.165) is 58.0 Å². The van der Waals surface area contributed by atoms with Crippen LogP contribution in [0.25, 0.3) is 32.6 Å². The van der Waals surface area contributed by atoms with Gasteiger partial charge >= 0.3 is 0 Å². The zero-order valence-corrected chi connectivity index (χ0v) is 14.1. The van der Waals surface area contributed by atoms with Crippen molar-refractivity contribution in [2.45, 2.75) is 19.9 Å². The van der Waals surface area contributed by atoms with Crippen molar-refractivity contribution in [1.82, 2.24) is 14.5 Å². The van der Waals surface area contributed by atoms with E-state index >= 15 is 0 Å². The van der Waals surface area contributed by atoms with Gasteiger partial charge in [0.05, 0.1) is 22.3 Å². The highest BCUT2D eigenvalue weighted by molar-refractivity contribution is 7.22. The maximum absolute atomic E-state index is 5.94. The van der Waals surface area contributed by atoms with Crippen molar-refractivity contribution in [2.24, 2.45) is 0 Å². The molecule has 0 unspecified atom stereocenters. The number of aromatic nitrogens is 3. The number of aryl methyl sites for hydroxylation is 2. The Bertz CT molecular complexity index is 1100. The molecular weight excluding hydrogens is 320 g/mol. The Morgan fingerprint density at radius 1 is 1.17 bits per heavy atom. The van der Waals surface area contributed by atoms with Crippen molar-refractivity contribution in [3.05, 3.63) is 35.9 Å². The van der Waals surface area contributed by atoms with Crippen LogP contribution in [-0.4, -0.2) is 21.1 Å². The molecule has 2 aromatic heterocycles. The molecule has 0 fully saturated rings. The normalized spacial score (nSPS) is 14.0. The number of imidazole rings is 1. The molecule has 0 atom stereocenters. The third-order valence-electron chi connectivity index (χ3n) is 4.40. The number of benzene rings is 2. The van der Waals surface area contributed by atoms with Gasteiger partial charge in [-0.2, -0.15) is 0 Å². The number of nitrogens with zero attached hydrogens (tertiary/aromatic N) is 3. The molecule has 5 nitrogen and oxygen atoms in total. The van der Waals surface area contributed by atoms with Crippen LogP contribution in [-0.2, 0) is 6.54 Å². The van der Waals surface area contributed by atoms with Crippen LogP contribution in [0.3, 0.4) is 0 Å². The minimum Gasteiger partial charge on any atom is -0.491 e. The molecule has 6 heteroatoms. The van der Waals surface area contributed by atoms with Crippen molar-refractivity contribution in [3.8, 4) is 17.1 Å². The molecule has 2 N–H and O–H groups in total. The van der Waals surface area contributed by atoms with Crippen molar-refractivity contribution in [3.63, 3.8) is 0 Å². The molecule has 1 aliphatic rings. The van der Waals surface area contributed by atoms with Crippen LogP contribution >= 0.6 is 11.3 Å². The van der Waals surface area contributed by atoms with Crippen LogP contribution in [0.1, 0.15) is 12.0 Å². The second kappa shape index (κ2) is 4.95. The molecule has 2 aromatic carbocycles. The van der Waals surface area contributed by atoms with Gasteiger partial charge in [-0.25, -0.2) is 9.97 Å². The Balaban J connectivity index is 1.79. The fourth-order valence-electron chi connectivity index (χ4n) is 3.40. The smallest absolute Gasteiger partial charge is 0.181 e. The second-order valence-corrected chi connectivity index (χ2v) is 7.22. The maximum Gasteiger partial charge on any atom is 0.181 e. The van der Waals surface area contributed by atoms with Crippen LogP contribution in [0.2, 0.25) is 0 Å². The number of thiazole rings is 1. The summed E-state index contributed by atoms with van der Waals surface area (Å²) in [4.78, 5) is 9.31. The van der Waals surface area contributed by atoms with Gasteiger partial charge in [0.25, 0.3) is 0 Å². The van der Waals surface area contributed by atoms with Crippen molar-refractivity contribution in [2.75, 3.05) is 12.3 Å². The Labute approximate surface area is 142 Å². The summed E-state index contributed by atoms with van der Waals surface area (Å²) in [5.74, 6) is 1.90. The first-order valence-corrected chi connectivity index (χ1v) is 8.81. The highest BCUT2D eigenvalue weighted by atomic mass is 32.1. The van der Waals surface area contributed by atoms with Gasteiger partial charge in [0, 0.05) is 12.1 Å². The highest BCUT2D eigenvalue weighted by Crippen LogP contribution is 2.35. The summed E-state index contributed by atoms with van der Waals surface area (Å²) in [7, 11) is 0. The minimum absolute atomic E-state index is 0.597. The van der Waals surface area contributed by atoms with E-state index < -0.39 is 0 Å². The summed E-state index contributed by atoms with van der Waals surface area (Å²) < 4.78 is 9.31. The lowest BCUT2D eigenvalue weighted by Gasteiger charge is -2.07. The van der Waals surface area contributed by atoms with Crippen LogP contribution in [0, 0.1) is 6.92 Å². The van der Waals surface area contributed by atoms with Gasteiger partial charge in [0.2, 0.25) is 0 Å². The Kier molecular flexibility index (Phi) is 2.84. The number of ether oxygens (including phenoxy) is 1.